The van der Waals surface area contributed by atoms with Crippen molar-refractivity contribution >= 4 is 13.1 Å². The second-order valence-electron chi connectivity index (χ2n) is 3.77. The summed E-state index contributed by atoms with van der Waals surface area (Å²) in [6.45, 7) is 14.4. The van der Waals surface area contributed by atoms with Crippen molar-refractivity contribution in [2.75, 3.05) is 6.54 Å². The monoisotopic (exact) mass is 219 g/mol. The van der Waals surface area contributed by atoms with Crippen molar-refractivity contribution in [2.24, 2.45) is 16.0 Å². The van der Waals surface area contributed by atoms with E-state index in [1.165, 1.54) is 6.34 Å². The average Bonchev–Trinajstić information content (AvgIpc) is 2.23. The van der Waals surface area contributed by atoms with E-state index in [-0.39, 0.29) is 0 Å². The molecule has 0 radical (unpaired) electrons. The summed E-state index contributed by atoms with van der Waals surface area (Å²) >= 11 is 0. The molecule has 0 aliphatic carbocycles. The number of hydrogen-bond acceptors (Lipinski definition) is 2. The van der Waals surface area contributed by atoms with Crippen molar-refractivity contribution in [1.82, 2.24) is 5.01 Å². The molecule has 0 rings (SSSR count). The van der Waals surface area contributed by atoms with E-state index in [9.17, 15) is 0 Å². The maximum absolute atomic E-state index is 4.17. The van der Waals surface area contributed by atoms with Gasteiger partial charge < -0.3 is 0 Å². The molecular weight excluding hydrogens is 198 g/mol. The lowest BCUT2D eigenvalue weighted by molar-refractivity contribution is 0.330. The number of nitrogens with zero attached hydrogens (tertiary/aromatic N) is 3. The highest BCUT2D eigenvalue weighted by Crippen LogP contribution is 2.08. The number of rotatable bonds is 7. The molecule has 0 aromatic carbocycles. The van der Waals surface area contributed by atoms with Gasteiger partial charge >= 0.3 is 0 Å². The molecule has 0 aromatic heterocycles. The van der Waals surface area contributed by atoms with Crippen molar-refractivity contribution < 1.29 is 0 Å². The molecule has 0 aliphatic heterocycles. The van der Waals surface area contributed by atoms with Crippen molar-refractivity contribution in [3.8, 4) is 0 Å². The molecule has 16 heavy (non-hydrogen) atoms. The molecule has 0 N–H and O–H groups in total. The lowest BCUT2D eigenvalue weighted by Gasteiger charge is -2.20. The van der Waals surface area contributed by atoms with E-state index in [0.717, 1.165) is 12.2 Å². The second-order valence-corrected chi connectivity index (χ2v) is 3.77. The predicted octanol–water partition coefficient (Wildman–Crippen LogP) is 3.23. The van der Waals surface area contributed by atoms with Gasteiger partial charge in [-0.2, -0.15) is 5.10 Å². The van der Waals surface area contributed by atoms with E-state index in [1.54, 1.807) is 0 Å². The first-order valence-electron chi connectivity index (χ1n) is 5.35. The number of aliphatic imine (C=N–C) groups is 1. The Hall–Kier alpha value is -1.64. The topological polar surface area (TPSA) is 28.0 Å². The smallest absolute Gasteiger partial charge is 0.135 e. The largest absolute Gasteiger partial charge is 0.264 e. The Morgan fingerprint density at radius 1 is 1.38 bits per heavy atom. The van der Waals surface area contributed by atoms with Gasteiger partial charge in [0.1, 0.15) is 6.34 Å². The minimum atomic E-state index is 0.508. The van der Waals surface area contributed by atoms with Crippen LogP contribution in [0.25, 0.3) is 0 Å². The molecule has 0 heterocycles. The Kier molecular flexibility index (Phi) is 7.76. The van der Waals surface area contributed by atoms with Gasteiger partial charge in [-0.05, 0) is 25.6 Å². The van der Waals surface area contributed by atoms with Gasteiger partial charge in [0.15, 0.2) is 0 Å². The number of hydrogen-bond donors (Lipinski definition) is 0. The fourth-order valence-electron chi connectivity index (χ4n) is 1.05. The molecule has 0 aliphatic rings. The van der Waals surface area contributed by atoms with E-state index in [2.05, 4.69) is 37.2 Å². The van der Waals surface area contributed by atoms with E-state index >= 15 is 0 Å². The van der Waals surface area contributed by atoms with Crippen molar-refractivity contribution in [2.45, 2.75) is 20.8 Å². The third-order valence-electron chi connectivity index (χ3n) is 1.73. The normalized spacial score (nSPS) is 12.0. The van der Waals surface area contributed by atoms with Gasteiger partial charge in [0.05, 0.1) is 5.70 Å². The highest BCUT2D eigenvalue weighted by Gasteiger charge is 2.05. The summed E-state index contributed by atoms with van der Waals surface area (Å²) in [5.74, 6) is 0.508. The average molecular weight is 219 g/mol. The molecule has 0 fully saturated rings. The summed E-state index contributed by atoms with van der Waals surface area (Å²) in [6.07, 6.45) is 9.20. The molecule has 0 spiro atoms. The summed E-state index contributed by atoms with van der Waals surface area (Å²) < 4.78 is 0. The van der Waals surface area contributed by atoms with Crippen molar-refractivity contribution in [3.63, 3.8) is 0 Å². The molecule has 0 unspecified atom stereocenters. The van der Waals surface area contributed by atoms with Crippen LogP contribution >= 0.6 is 0 Å². The molecule has 0 saturated heterocycles. The molecule has 3 heteroatoms. The molecule has 0 bridgehead atoms. The third kappa shape index (κ3) is 6.76. The molecule has 0 atom stereocenters. The van der Waals surface area contributed by atoms with Crippen LogP contribution in [0.15, 0.2) is 46.7 Å². The first-order valence-corrected chi connectivity index (χ1v) is 5.35. The van der Waals surface area contributed by atoms with Crippen LogP contribution < -0.4 is 0 Å². The van der Waals surface area contributed by atoms with E-state index in [1.807, 2.05) is 36.2 Å². The van der Waals surface area contributed by atoms with Crippen LogP contribution in [0.1, 0.15) is 20.8 Å². The molecule has 3 nitrogen and oxygen atoms in total. The van der Waals surface area contributed by atoms with Gasteiger partial charge in [0.25, 0.3) is 0 Å². The molecule has 0 amide bonds. The molecule has 0 aromatic rings. The van der Waals surface area contributed by atoms with E-state index in [4.69, 9.17) is 0 Å². The van der Waals surface area contributed by atoms with Crippen LogP contribution in [0.2, 0.25) is 0 Å². The molecule has 88 valence electrons. The third-order valence-corrected chi connectivity index (χ3v) is 1.73. The van der Waals surface area contributed by atoms with Crippen LogP contribution in [-0.4, -0.2) is 24.6 Å². The first-order chi connectivity index (χ1) is 7.61. The van der Waals surface area contributed by atoms with Gasteiger partial charge in [-0.1, -0.05) is 38.7 Å². The second kappa shape index (κ2) is 8.65. The Balaban J connectivity index is 4.54. The zero-order valence-electron chi connectivity index (χ0n) is 10.4. The SMILES string of the molecule is C=N/C=N\N(CC(C)C)C(=C)/C=C\C=C/C. The summed E-state index contributed by atoms with van der Waals surface area (Å²) in [4.78, 5) is 3.60. The van der Waals surface area contributed by atoms with Crippen LogP contribution in [-0.2, 0) is 0 Å². The van der Waals surface area contributed by atoms with Gasteiger partial charge in [-0.3, -0.25) is 10.0 Å². The van der Waals surface area contributed by atoms with Crippen LogP contribution in [0.5, 0.6) is 0 Å². The maximum atomic E-state index is 4.17. The lowest BCUT2D eigenvalue weighted by atomic mass is 10.2. The highest BCUT2D eigenvalue weighted by molar-refractivity contribution is 5.61. The lowest BCUT2D eigenvalue weighted by Crippen LogP contribution is -2.20. The number of allylic oxidation sites excluding steroid dienone is 4. The Morgan fingerprint density at radius 2 is 2.06 bits per heavy atom. The fraction of sp³-hybridized carbons (Fsp3) is 0.385. The predicted molar refractivity (Wildman–Crippen MR) is 72.7 cm³/mol. The van der Waals surface area contributed by atoms with Crippen LogP contribution in [0.4, 0.5) is 0 Å². The van der Waals surface area contributed by atoms with E-state index in [0.29, 0.717) is 5.92 Å². The van der Waals surface area contributed by atoms with Crippen molar-refractivity contribution in [1.29, 1.82) is 0 Å². The Labute approximate surface area is 98.6 Å². The van der Waals surface area contributed by atoms with Gasteiger partial charge in [-0.25, -0.2) is 0 Å². The minimum absolute atomic E-state index is 0.508. The Bertz CT molecular complexity index is 298. The fourth-order valence-corrected chi connectivity index (χ4v) is 1.05. The van der Waals surface area contributed by atoms with Gasteiger partial charge in [0, 0.05) is 6.54 Å². The van der Waals surface area contributed by atoms with Gasteiger partial charge in [0.2, 0.25) is 0 Å². The number of hydrazone groups is 1. The minimum Gasteiger partial charge on any atom is -0.264 e. The van der Waals surface area contributed by atoms with E-state index < -0.39 is 0 Å². The molecular formula is C13H21N3. The summed E-state index contributed by atoms with van der Waals surface area (Å²) in [7, 11) is 0. The van der Waals surface area contributed by atoms with Crippen LogP contribution in [0.3, 0.4) is 0 Å². The Morgan fingerprint density at radius 3 is 2.56 bits per heavy atom. The zero-order chi connectivity index (χ0) is 12.4. The highest BCUT2D eigenvalue weighted by atomic mass is 15.5. The summed E-state index contributed by atoms with van der Waals surface area (Å²) in [5.41, 5.74) is 0.840. The van der Waals surface area contributed by atoms with Crippen molar-refractivity contribution in [3.05, 3.63) is 36.6 Å². The maximum Gasteiger partial charge on any atom is 0.135 e. The van der Waals surface area contributed by atoms with Gasteiger partial charge in [-0.15, -0.1) is 0 Å². The zero-order valence-corrected chi connectivity index (χ0v) is 10.4. The standard InChI is InChI=1S/C13H21N3/c1-6-7-8-9-13(4)16(10-12(2)3)15-11-14-5/h6-9,11-12H,4-5,10H2,1-3H3/b7-6-,9-8-,15-11-. The quantitative estimate of drug-likeness (QED) is 0.279. The summed E-state index contributed by atoms with van der Waals surface area (Å²) in [6, 6.07) is 0. The molecule has 0 saturated carbocycles. The van der Waals surface area contributed by atoms with Crippen LogP contribution in [0, 0.1) is 5.92 Å². The first kappa shape index (κ1) is 14.4. The summed E-state index contributed by atoms with van der Waals surface area (Å²) in [5, 5.41) is 5.98.